The Bertz CT molecular complexity index is 752. The van der Waals surface area contributed by atoms with Crippen LogP contribution in [-0.2, 0) is 22.6 Å². The third kappa shape index (κ3) is 4.32. The van der Waals surface area contributed by atoms with Gasteiger partial charge in [0, 0.05) is 0 Å². The monoisotopic (exact) mass is 316 g/mol. The van der Waals surface area contributed by atoms with E-state index >= 15 is 0 Å². The van der Waals surface area contributed by atoms with Crippen LogP contribution in [0, 0.1) is 0 Å². The average molecular weight is 316 g/mol. The predicted octanol–water partition coefficient (Wildman–Crippen LogP) is 4.76. The highest BCUT2D eigenvalue weighted by Crippen LogP contribution is 2.23. The maximum atomic E-state index is 12.7. The molecule has 0 aliphatic heterocycles. The van der Waals surface area contributed by atoms with Gasteiger partial charge in [-0.3, -0.25) is 4.79 Å². The van der Waals surface area contributed by atoms with Crippen molar-refractivity contribution in [2.24, 2.45) is 0 Å². The number of rotatable bonds is 6. The number of benzene rings is 3. The second kappa shape index (κ2) is 8.11. The van der Waals surface area contributed by atoms with Crippen molar-refractivity contribution in [3.8, 4) is 0 Å². The first-order chi connectivity index (χ1) is 11.8. The summed E-state index contributed by atoms with van der Waals surface area (Å²) in [5.74, 6) is -0.480. The van der Waals surface area contributed by atoms with E-state index in [1.54, 1.807) is 0 Å². The van der Waals surface area contributed by atoms with Gasteiger partial charge in [-0.25, -0.2) is 0 Å². The third-order valence-electron chi connectivity index (χ3n) is 3.99. The van der Waals surface area contributed by atoms with E-state index in [0.717, 1.165) is 16.7 Å². The summed E-state index contributed by atoms with van der Waals surface area (Å²) in [6, 6.07) is 29.7. The van der Waals surface area contributed by atoms with Gasteiger partial charge in [-0.05, 0) is 23.1 Å². The molecular formula is C22H20O2. The van der Waals surface area contributed by atoms with Crippen LogP contribution in [0.5, 0.6) is 0 Å². The maximum Gasteiger partial charge on any atom is 0.314 e. The number of esters is 1. The van der Waals surface area contributed by atoms with Crippen molar-refractivity contribution in [2.45, 2.75) is 18.9 Å². The smallest absolute Gasteiger partial charge is 0.314 e. The molecule has 0 saturated carbocycles. The van der Waals surface area contributed by atoms with Gasteiger partial charge in [0.05, 0.1) is 5.92 Å². The second-order valence-corrected chi connectivity index (χ2v) is 5.75. The van der Waals surface area contributed by atoms with Gasteiger partial charge in [-0.2, -0.15) is 0 Å². The van der Waals surface area contributed by atoms with Crippen LogP contribution in [-0.4, -0.2) is 5.97 Å². The van der Waals surface area contributed by atoms with E-state index < -0.39 is 0 Å². The van der Waals surface area contributed by atoms with Gasteiger partial charge < -0.3 is 4.74 Å². The Morgan fingerprint density at radius 2 is 1.21 bits per heavy atom. The molecule has 1 atom stereocenters. The minimum atomic E-state index is -0.294. The summed E-state index contributed by atoms with van der Waals surface area (Å²) < 4.78 is 5.58. The van der Waals surface area contributed by atoms with Crippen LogP contribution in [0.3, 0.4) is 0 Å². The molecule has 120 valence electrons. The fourth-order valence-corrected chi connectivity index (χ4v) is 2.70. The zero-order valence-electron chi connectivity index (χ0n) is 13.5. The lowest BCUT2D eigenvalue weighted by atomic mass is 9.92. The maximum absolute atomic E-state index is 12.7. The highest BCUT2D eigenvalue weighted by Gasteiger charge is 2.22. The van der Waals surface area contributed by atoms with Crippen molar-refractivity contribution in [1.29, 1.82) is 0 Å². The molecule has 0 aromatic heterocycles. The Balaban J connectivity index is 1.75. The van der Waals surface area contributed by atoms with E-state index in [2.05, 4.69) is 0 Å². The molecule has 3 rings (SSSR count). The summed E-state index contributed by atoms with van der Waals surface area (Å²) in [5.41, 5.74) is 3.11. The molecule has 0 saturated heterocycles. The van der Waals surface area contributed by atoms with Crippen LogP contribution in [0.1, 0.15) is 22.6 Å². The fraction of sp³-hybridized carbons (Fsp3) is 0.136. The van der Waals surface area contributed by atoms with Gasteiger partial charge in [-0.15, -0.1) is 0 Å². The summed E-state index contributed by atoms with van der Waals surface area (Å²) in [6.07, 6.45) is 0.637. The minimum absolute atomic E-state index is 0.186. The molecule has 0 amide bonds. The number of hydrogen-bond acceptors (Lipinski definition) is 2. The normalized spacial score (nSPS) is 11.7. The summed E-state index contributed by atoms with van der Waals surface area (Å²) >= 11 is 0. The lowest BCUT2D eigenvalue weighted by molar-refractivity contribution is -0.146. The SMILES string of the molecule is O=C(OCc1ccccc1)[C@@H](Cc1ccccc1)c1ccccc1. The number of ether oxygens (including phenoxy) is 1. The molecule has 0 unspecified atom stereocenters. The first-order valence-corrected chi connectivity index (χ1v) is 8.12. The Kier molecular flexibility index (Phi) is 5.41. The molecule has 0 spiro atoms. The summed E-state index contributed by atoms with van der Waals surface area (Å²) in [7, 11) is 0. The minimum Gasteiger partial charge on any atom is -0.460 e. The lowest BCUT2D eigenvalue weighted by Crippen LogP contribution is -2.18. The van der Waals surface area contributed by atoms with E-state index in [1.807, 2.05) is 91.0 Å². The zero-order valence-corrected chi connectivity index (χ0v) is 13.5. The van der Waals surface area contributed by atoms with Crippen LogP contribution < -0.4 is 0 Å². The molecule has 0 aliphatic rings. The van der Waals surface area contributed by atoms with Crippen molar-refractivity contribution in [3.05, 3.63) is 108 Å². The number of hydrogen-bond donors (Lipinski definition) is 0. The molecule has 0 radical (unpaired) electrons. The molecule has 3 aromatic carbocycles. The van der Waals surface area contributed by atoms with Gasteiger partial charge in [0.2, 0.25) is 0 Å². The van der Waals surface area contributed by atoms with E-state index in [9.17, 15) is 4.79 Å². The zero-order chi connectivity index (χ0) is 16.6. The Morgan fingerprint density at radius 3 is 1.79 bits per heavy atom. The summed E-state index contributed by atoms with van der Waals surface area (Å²) in [5, 5.41) is 0. The van der Waals surface area contributed by atoms with Gasteiger partial charge in [0.25, 0.3) is 0 Å². The quantitative estimate of drug-likeness (QED) is 0.613. The molecule has 0 aliphatic carbocycles. The van der Waals surface area contributed by atoms with E-state index in [0.29, 0.717) is 13.0 Å². The van der Waals surface area contributed by atoms with Gasteiger partial charge >= 0.3 is 5.97 Å². The fourth-order valence-electron chi connectivity index (χ4n) is 2.70. The first-order valence-electron chi connectivity index (χ1n) is 8.12. The molecule has 2 heteroatoms. The Hall–Kier alpha value is -2.87. The largest absolute Gasteiger partial charge is 0.460 e. The van der Waals surface area contributed by atoms with Crippen LogP contribution >= 0.6 is 0 Å². The highest BCUT2D eigenvalue weighted by atomic mass is 16.5. The molecule has 24 heavy (non-hydrogen) atoms. The molecule has 0 bridgehead atoms. The van der Waals surface area contributed by atoms with Gasteiger partial charge in [0.15, 0.2) is 0 Å². The molecule has 3 aromatic rings. The molecule has 0 N–H and O–H groups in total. The summed E-state index contributed by atoms with van der Waals surface area (Å²) in [4.78, 5) is 12.7. The van der Waals surface area contributed by atoms with Crippen molar-refractivity contribution in [1.82, 2.24) is 0 Å². The van der Waals surface area contributed by atoms with E-state index in [-0.39, 0.29) is 11.9 Å². The predicted molar refractivity (Wildman–Crippen MR) is 95.6 cm³/mol. The van der Waals surface area contributed by atoms with Crippen LogP contribution in [0.25, 0.3) is 0 Å². The van der Waals surface area contributed by atoms with Crippen LogP contribution in [0.4, 0.5) is 0 Å². The third-order valence-corrected chi connectivity index (χ3v) is 3.99. The first kappa shape index (κ1) is 16.0. The standard InChI is InChI=1S/C22H20O2/c23-22(24-17-19-12-6-2-7-13-19)21(20-14-8-3-9-15-20)16-18-10-4-1-5-11-18/h1-15,21H,16-17H2/t21-/m0/s1. The van der Waals surface area contributed by atoms with Crippen molar-refractivity contribution in [2.75, 3.05) is 0 Å². The lowest BCUT2D eigenvalue weighted by Gasteiger charge is -2.17. The Morgan fingerprint density at radius 1 is 0.708 bits per heavy atom. The topological polar surface area (TPSA) is 26.3 Å². The van der Waals surface area contributed by atoms with E-state index in [1.165, 1.54) is 0 Å². The number of carbonyl (C=O) groups is 1. The highest BCUT2D eigenvalue weighted by molar-refractivity contribution is 5.78. The molecule has 0 heterocycles. The molecular weight excluding hydrogens is 296 g/mol. The van der Waals surface area contributed by atoms with Crippen molar-refractivity contribution >= 4 is 5.97 Å². The van der Waals surface area contributed by atoms with E-state index in [4.69, 9.17) is 4.74 Å². The second-order valence-electron chi connectivity index (χ2n) is 5.75. The Labute approximate surface area is 142 Å². The van der Waals surface area contributed by atoms with Crippen molar-refractivity contribution < 1.29 is 9.53 Å². The molecule has 2 nitrogen and oxygen atoms in total. The van der Waals surface area contributed by atoms with Gasteiger partial charge in [-0.1, -0.05) is 91.0 Å². The van der Waals surface area contributed by atoms with Crippen molar-refractivity contribution in [3.63, 3.8) is 0 Å². The summed E-state index contributed by atoms with van der Waals surface area (Å²) in [6.45, 7) is 0.303. The van der Waals surface area contributed by atoms with Gasteiger partial charge in [0.1, 0.15) is 6.61 Å². The van der Waals surface area contributed by atoms with Crippen LogP contribution in [0.15, 0.2) is 91.0 Å². The average Bonchev–Trinajstić information content (AvgIpc) is 2.66. The number of carbonyl (C=O) groups excluding carboxylic acids is 1. The van der Waals surface area contributed by atoms with Crippen LogP contribution in [0.2, 0.25) is 0 Å². The molecule has 0 fully saturated rings.